The van der Waals surface area contributed by atoms with Crippen LogP contribution in [0.15, 0.2) is 73.4 Å². The number of primary amides is 1. The van der Waals surface area contributed by atoms with E-state index < -0.39 is 79.5 Å². The van der Waals surface area contributed by atoms with E-state index in [-0.39, 0.29) is 22.6 Å². The number of anilines is 3. The predicted octanol–water partition coefficient (Wildman–Crippen LogP) is 6.35. The predicted molar refractivity (Wildman–Crippen MR) is 157 cm³/mol. The minimum atomic E-state index is -4.63. The third kappa shape index (κ3) is 11.2. The number of benzene rings is 2. The van der Waals surface area contributed by atoms with Crippen molar-refractivity contribution in [3.8, 4) is 6.07 Å². The largest absolute Gasteiger partial charge is 0.389 e. The first kappa shape index (κ1) is 36.1. The summed E-state index contributed by atoms with van der Waals surface area (Å²) in [6.45, 7) is 5.01. The molecule has 14 heteroatoms. The number of para-hydroxylation sites is 1. The molecular weight excluding hydrogens is 604 g/mol. The second-order valence-corrected chi connectivity index (χ2v) is 9.68. The molecule has 0 aromatic heterocycles. The Morgan fingerprint density at radius 3 is 2.51 bits per heavy atom. The molecule has 0 saturated heterocycles. The summed E-state index contributed by atoms with van der Waals surface area (Å²) in [6, 6.07) is 7.01. The SMILES string of the molecule is C=C/C=C\C=C/C.N#Cc1cc(F)cc(N2CC(NC(=O)C(CCC(F)(F)F)CC(N)=O)C(=O)Nc3c(C(F)F)cccc32)c1. The number of allylic oxidation sites excluding steroid dienone is 5. The molecule has 240 valence electrons. The molecule has 1 heterocycles. The highest BCUT2D eigenvalue weighted by Crippen LogP contribution is 2.40. The summed E-state index contributed by atoms with van der Waals surface area (Å²) in [4.78, 5) is 38.5. The second kappa shape index (κ2) is 16.7. The van der Waals surface area contributed by atoms with Gasteiger partial charge in [0.1, 0.15) is 11.9 Å². The minimum absolute atomic E-state index is 0.00635. The molecule has 1 aliphatic rings. The topological polar surface area (TPSA) is 128 Å². The maximum absolute atomic E-state index is 14.3. The Bertz CT molecular complexity index is 1480. The molecule has 3 amide bonds. The Balaban J connectivity index is 0.000000900. The number of amides is 3. The van der Waals surface area contributed by atoms with Crippen LogP contribution in [0.3, 0.4) is 0 Å². The summed E-state index contributed by atoms with van der Waals surface area (Å²) in [5, 5.41) is 13.8. The van der Waals surface area contributed by atoms with Crippen LogP contribution in [0.1, 0.15) is 43.7 Å². The van der Waals surface area contributed by atoms with E-state index in [1.54, 1.807) is 12.1 Å². The number of carbonyl (C=O) groups excluding carboxylic acids is 3. The average molecular weight is 636 g/mol. The van der Waals surface area contributed by atoms with Crippen LogP contribution in [0.2, 0.25) is 0 Å². The van der Waals surface area contributed by atoms with Crippen molar-refractivity contribution >= 4 is 34.8 Å². The van der Waals surface area contributed by atoms with E-state index in [9.17, 15) is 46.0 Å². The van der Waals surface area contributed by atoms with Gasteiger partial charge in [0.15, 0.2) is 0 Å². The summed E-state index contributed by atoms with van der Waals surface area (Å²) in [6.07, 6.45) is -1.08. The van der Waals surface area contributed by atoms with Crippen LogP contribution in [0.4, 0.5) is 43.4 Å². The number of carbonyl (C=O) groups is 3. The van der Waals surface area contributed by atoms with Gasteiger partial charge in [-0.1, -0.05) is 49.1 Å². The lowest BCUT2D eigenvalue weighted by Gasteiger charge is -2.28. The Morgan fingerprint density at radius 1 is 1.22 bits per heavy atom. The first-order valence-electron chi connectivity index (χ1n) is 13.5. The molecule has 2 aromatic rings. The number of alkyl halides is 5. The number of fused-ring (bicyclic) bond motifs is 1. The van der Waals surface area contributed by atoms with Gasteiger partial charge in [-0.25, -0.2) is 13.2 Å². The number of nitrogens with zero attached hydrogens (tertiary/aromatic N) is 2. The van der Waals surface area contributed by atoms with Gasteiger partial charge in [-0.05, 0) is 37.6 Å². The number of nitrogens with two attached hydrogens (primary N) is 1. The normalized spacial score (nSPS) is 15.4. The molecule has 2 aromatic carbocycles. The fraction of sp³-hybridized carbons (Fsp3) is 0.290. The van der Waals surface area contributed by atoms with Crippen LogP contribution < -0.4 is 21.3 Å². The first-order chi connectivity index (χ1) is 21.2. The quantitative estimate of drug-likeness (QED) is 0.207. The van der Waals surface area contributed by atoms with Crippen LogP contribution in [0, 0.1) is 23.1 Å². The summed E-state index contributed by atoms with van der Waals surface area (Å²) >= 11 is 0. The van der Waals surface area contributed by atoms with Gasteiger partial charge in [-0.3, -0.25) is 14.4 Å². The van der Waals surface area contributed by atoms with Gasteiger partial charge >= 0.3 is 6.18 Å². The Hall–Kier alpha value is -5.06. The summed E-state index contributed by atoms with van der Waals surface area (Å²) in [7, 11) is 0. The monoisotopic (exact) mass is 635 g/mol. The van der Waals surface area contributed by atoms with Gasteiger partial charge in [0.25, 0.3) is 6.43 Å². The van der Waals surface area contributed by atoms with Crippen LogP contribution in [0.5, 0.6) is 0 Å². The number of rotatable bonds is 10. The van der Waals surface area contributed by atoms with Crippen molar-refractivity contribution in [1.29, 1.82) is 5.26 Å². The van der Waals surface area contributed by atoms with Crippen molar-refractivity contribution in [2.45, 2.75) is 44.8 Å². The van der Waals surface area contributed by atoms with Crippen LogP contribution in [-0.4, -0.2) is 36.5 Å². The van der Waals surface area contributed by atoms with Crippen LogP contribution in [-0.2, 0) is 14.4 Å². The lowest BCUT2D eigenvalue weighted by molar-refractivity contribution is -0.143. The molecule has 0 aliphatic carbocycles. The van der Waals surface area contributed by atoms with E-state index in [1.165, 1.54) is 23.1 Å². The maximum Gasteiger partial charge on any atom is 0.389 e. The van der Waals surface area contributed by atoms with Crippen LogP contribution >= 0.6 is 0 Å². The zero-order valence-corrected chi connectivity index (χ0v) is 24.1. The van der Waals surface area contributed by atoms with Gasteiger partial charge in [-0.2, -0.15) is 18.4 Å². The zero-order valence-electron chi connectivity index (χ0n) is 24.1. The van der Waals surface area contributed by atoms with Crippen molar-refractivity contribution in [3.63, 3.8) is 0 Å². The number of hydrogen-bond donors (Lipinski definition) is 3. The molecule has 3 rings (SSSR count). The van der Waals surface area contributed by atoms with Crippen molar-refractivity contribution in [1.82, 2.24) is 5.32 Å². The van der Waals surface area contributed by atoms with Crippen molar-refractivity contribution in [3.05, 3.63) is 90.3 Å². The fourth-order valence-corrected chi connectivity index (χ4v) is 4.27. The van der Waals surface area contributed by atoms with Gasteiger partial charge in [0.2, 0.25) is 17.7 Å². The molecular formula is C31H31F6N5O3. The average Bonchev–Trinajstić information content (AvgIpc) is 3.10. The molecule has 8 nitrogen and oxygen atoms in total. The lowest BCUT2D eigenvalue weighted by atomic mass is 9.97. The Kier molecular flexibility index (Phi) is 13.4. The van der Waals surface area contributed by atoms with E-state index in [0.717, 1.165) is 18.2 Å². The molecule has 2 unspecified atom stereocenters. The highest BCUT2D eigenvalue weighted by molar-refractivity contribution is 6.03. The standard InChI is InChI=1S/C24H21F6N5O3.C7H10/c25-14-6-12(10-31)7-15(9-14)35-11-17(23(38)34-20-16(21(26)27)2-1-3-18(20)35)33-22(37)13(8-19(32)36)4-5-24(28,29)30;1-3-5-7-6-4-2/h1-3,6-7,9,13,17,21H,4-5,8,11H2,(H2,32,36)(H,33,37)(H,34,38);3-7H,1H2,2H3/b;6-4-,7-5-. The number of nitrogens with one attached hydrogen (secondary N) is 2. The van der Waals surface area contributed by atoms with Gasteiger partial charge in [-0.15, -0.1) is 0 Å². The third-order valence-corrected chi connectivity index (χ3v) is 6.32. The first-order valence-corrected chi connectivity index (χ1v) is 13.5. The summed E-state index contributed by atoms with van der Waals surface area (Å²) < 4.78 is 80.0. The Morgan fingerprint density at radius 2 is 1.93 bits per heavy atom. The van der Waals surface area contributed by atoms with E-state index in [1.807, 2.05) is 31.2 Å². The highest BCUT2D eigenvalue weighted by atomic mass is 19.4. The molecule has 0 saturated carbocycles. The minimum Gasteiger partial charge on any atom is -0.370 e. The molecule has 1 aliphatic heterocycles. The van der Waals surface area contributed by atoms with Crippen molar-refractivity contribution < 1.29 is 40.7 Å². The maximum atomic E-state index is 14.3. The number of nitriles is 1. The summed E-state index contributed by atoms with van der Waals surface area (Å²) in [5.74, 6) is -5.50. The highest BCUT2D eigenvalue weighted by Gasteiger charge is 2.36. The summed E-state index contributed by atoms with van der Waals surface area (Å²) in [5.41, 5.74) is 4.01. The van der Waals surface area contributed by atoms with Gasteiger partial charge < -0.3 is 21.3 Å². The van der Waals surface area contributed by atoms with Gasteiger partial charge in [0.05, 0.1) is 29.6 Å². The van der Waals surface area contributed by atoms with Crippen molar-refractivity contribution in [2.24, 2.45) is 11.7 Å². The zero-order chi connectivity index (χ0) is 33.7. The fourth-order valence-electron chi connectivity index (χ4n) is 4.27. The second-order valence-electron chi connectivity index (χ2n) is 9.68. The van der Waals surface area contributed by atoms with E-state index in [2.05, 4.69) is 17.2 Å². The van der Waals surface area contributed by atoms with Crippen LogP contribution in [0.25, 0.3) is 0 Å². The molecule has 0 radical (unpaired) electrons. The number of hydrogen-bond acceptors (Lipinski definition) is 5. The lowest BCUT2D eigenvalue weighted by Crippen LogP contribution is -2.50. The molecule has 0 bridgehead atoms. The smallest absolute Gasteiger partial charge is 0.370 e. The van der Waals surface area contributed by atoms with E-state index >= 15 is 0 Å². The molecule has 2 atom stereocenters. The Labute approximate surface area is 255 Å². The molecule has 45 heavy (non-hydrogen) atoms. The van der Waals surface area contributed by atoms with Gasteiger partial charge in [0, 0.05) is 30.0 Å². The van der Waals surface area contributed by atoms with E-state index in [0.29, 0.717) is 0 Å². The molecule has 0 spiro atoms. The van der Waals surface area contributed by atoms with Crippen molar-refractivity contribution in [2.75, 3.05) is 16.8 Å². The molecule has 4 N–H and O–H groups in total. The van der Waals surface area contributed by atoms with E-state index in [4.69, 9.17) is 5.73 Å². The third-order valence-electron chi connectivity index (χ3n) is 6.32. The molecule has 0 fully saturated rings. The number of halogens is 6.